The van der Waals surface area contributed by atoms with Gasteiger partial charge in [0.05, 0.1) is 13.4 Å². The normalized spacial score (nSPS) is 23.3. The van der Waals surface area contributed by atoms with E-state index in [2.05, 4.69) is 11.3 Å². The summed E-state index contributed by atoms with van der Waals surface area (Å²) in [6.45, 7) is 3.02. The molecule has 5 nitrogen and oxygen atoms in total. The van der Waals surface area contributed by atoms with Crippen LogP contribution in [0.15, 0.2) is 24.3 Å². The van der Waals surface area contributed by atoms with Crippen LogP contribution in [0.5, 0.6) is 0 Å². The molecule has 1 rings (SSSR count). The maximum absolute atomic E-state index is 13.7. The summed E-state index contributed by atoms with van der Waals surface area (Å²) in [5, 5.41) is 0. The molecule has 1 heterocycles. The van der Waals surface area contributed by atoms with Gasteiger partial charge in [-0.2, -0.15) is 17.5 Å². The molecule has 0 N–H and O–H groups in total. The number of carbonyl (C=O) groups excluding carboxylic acids is 1. The number of nitrogens with zero attached hydrogens (tertiary/aromatic N) is 1. The number of halogens is 3. The van der Waals surface area contributed by atoms with Crippen LogP contribution >= 0.6 is 0 Å². The molecular weight excluding hydrogens is 335 g/mol. The van der Waals surface area contributed by atoms with Crippen LogP contribution in [0.1, 0.15) is 25.7 Å². The van der Waals surface area contributed by atoms with E-state index in [1.54, 1.807) is 6.08 Å². The fraction of sp³-hybridized carbons (Fsp3) is 0.643. The van der Waals surface area contributed by atoms with Gasteiger partial charge in [0.2, 0.25) is 15.6 Å². The fourth-order valence-corrected chi connectivity index (χ4v) is 3.79. The first kappa shape index (κ1) is 19.7. The number of esters is 1. The highest BCUT2D eigenvalue weighted by Crippen LogP contribution is 2.45. The first-order valence-electron chi connectivity index (χ1n) is 6.92. The van der Waals surface area contributed by atoms with Crippen LogP contribution in [0.4, 0.5) is 13.2 Å². The molecule has 1 unspecified atom stereocenters. The number of alkyl halides is 3. The van der Waals surface area contributed by atoms with E-state index in [1.165, 1.54) is 6.08 Å². The lowest BCUT2D eigenvalue weighted by Crippen LogP contribution is -2.67. The first-order valence-corrected chi connectivity index (χ1v) is 8.77. The van der Waals surface area contributed by atoms with E-state index in [4.69, 9.17) is 0 Å². The lowest BCUT2D eigenvalue weighted by atomic mass is 9.85. The van der Waals surface area contributed by atoms with Crippen LogP contribution in [0.3, 0.4) is 0 Å². The summed E-state index contributed by atoms with van der Waals surface area (Å²) in [5.41, 5.74) is -2.83. The van der Waals surface area contributed by atoms with Gasteiger partial charge in [0.25, 0.3) is 0 Å². The zero-order chi connectivity index (χ0) is 17.9. The van der Waals surface area contributed by atoms with Crippen LogP contribution in [-0.2, 0) is 19.6 Å². The lowest BCUT2D eigenvalue weighted by molar-refractivity contribution is -0.228. The van der Waals surface area contributed by atoms with Gasteiger partial charge in [-0.15, -0.1) is 6.58 Å². The van der Waals surface area contributed by atoms with Gasteiger partial charge in [-0.3, -0.25) is 0 Å². The van der Waals surface area contributed by atoms with E-state index in [-0.39, 0.29) is 4.31 Å². The highest BCUT2D eigenvalue weighted by atomic mass is 32.2. The Morgan fingerprint density at radius 1 is 1.52 bits per heavy atom. The second kappa shape index (κ2) is 7.04. The third-order valence-corrected chi connectivity index (χ3v) is 5.01. The molecule has 0 fully saturated rings. The van der Waals surface area contributed by atoms with Crippen molar-refractivity contribution in [3.8, 4) is 0 Å². The van der Waals surface area contributed by atoms with Crippen molar-refractivity contribution in [3.63, 3.8) is 0 Å². The van der Waals surface area contributed by atoms with Crippen LogP contribution < -0.4 is 0 Å². The van der Waals surface area contributed by atoms with Gasteiger partial charge in [-0.25, -0.2) is 13.2 Å². The largest absolute Gasteiger partial charge is 0.467 e. The van der Waals surface area contributed by atoms with Crippen molar-refractivity contribution in [2.45, 2.75) is 37.4 Å². The van der Waals surface area contributed by atoms with Crippen molar-refractivity contribution in [1.29, 1.82) is 0 Å². The van der Waals surface area contributed by atoms with Crippen molar-refractivity contribution < 1.29 is 31.1 Å². The molecule has 132 valence electrons. The Hall–Kier alpha value is -1.35. The zero-order valence-corrected chi connectivity index (χ0v) is 13.8. The fourth-order valence-electron chi connectivity index (χ4n) is 2.64. The predicted molar refractivity (Wildman–Crippen MR) is 79.1 cm³/mol. The van der Waals surface area contributed by atoms with E-state index in [0.717, 1.165) is 7.11 Å². The predicted octanol–water partition coefficient (Wildman–Crippen LogP) is 2.41. The Bertz CT molecular complexity index is 598. The molecule has 0 bridgehead atoms. The van der Waals surface area contributed by atoms with Crippen LogP contribution in [0.2, 0.25) is 0 Å². The molecule has 1 atom stereocenters. The second-order valence-electron chi connectivity index (χ2n) is 5.36. The second-order valence-corrected chi connectivity index (χ2v) is 7.27. The maximum Gasteiger partial charge on any atom is 0.418 e. The minimum Gasteiger partial charge on any atom is -0.467 e. The molecular formula is C14H20F3NO4S. The molecule has 23 heavy (non-hydrogen) atoms. The molecule has 0 spiro atoms. The quantitative estimate of drug-likeness (QED) is 0.417. The lowest BCUT2D eigenvalue weighted by Gasteiger charge is -2.43. The standard InChI is InChI=1S/C14H20F3NO4S/c1-4-5-6-7-11-8-9-18(23(3,20)21)13(10-11,12(19)22-2)14(15,16)17/h4,8H,1,5-7,9-10H2,2-3H3. The molecule has 0 saturated carbocycles. The minimum absolute atomic E-state index is 0.169. The molecule has 9 heteroatoms. The molecule has 0 aromatic rings. The summed E-state index contributed by atoms with van der Waals surface area (Å²) in [6.07, 6.45) is -0.617. The number of carbonyl (C=O) groups is 1. The number of ether oxygens (including phenoxy) is 1. The Kier molecular flexibility index (Phi) is 6.03. The van der Waals surface area contributed by atoms with E-state index in [1.807, 2.05) is 0 Å². The highest BCUT2D eigenvalue weighted by Gasteiger charge is 2.68. The van der Waals surface area contributed by atoms with Crippen molar-refractivity contribution in [2.75, 3.05) is 19.9 Å². The Morgan fingerprint density at radius 3 is 2.57 bits per heavy atom. The molecule has 0 aromatic carbocycles. The van der Waals surface area contributed by atoms with E-state index < -0.39 is 40.7 Å². The summed E-state index contributed by atoms with van der Waals surface area (Å²) in [4.78, 5) is 12.0. The van der Waals surface area contributed by atoms with Crippen molar-refractivity contribution in [3.05, 3.63) is 24.3 Å². The monoisotopic (exact) mass is 355 g/mol. The van der Waals surface area contributed by atoms with Crippen molar-refractivity contribution >= 4 is 16.0 Å². The first-order chi connectivity index (χ1) is 10.5. The van der Waals surface area contributed by atoms with Crippen LogP contribution in [0, 0.1) is 0 Å². The smallest absolute Gasteiger partial charge is 0.418 e. The number of rotatable bonds is 6. The number of hydrogen-bond acceptors (Lipinski definition) is 4. The SMILES string of the molecule is C=CCCCC1=CCN(S(C)(=O)=O)C(C(=O)OC)(C(F)(F)F)C1. The number of allylic oxidation sites excluding steroid dienone is 1. The summed E-state index contributed by atoms with van der Waals surface area (Å²) in [5.74, 6) is -1.62. The highest BCUT2D eigenvalue weighted by molar-refractivity contribution is 7.88. The van der Waals surface area contributed by atoms with Gasteiger partial charge >= 0.3 is 12.1 Å². The van der Waals surface area contributed by atoms with Crippen molar-refractivity contribution in [1.82, 2.24) is 4.31 Å². The van der Waals surface area contributed by atoms with Gasteiger partial charge in [0, 0.05) is 13.0 Å². The molecule has 0 radical (unpaired) electrons. The van der Waals surface area contributed by atoms with E-state index in [0.29, 0.717) is 31.1 Å². The summed E-state index contributed by atoms with van der Waals surface area (Å²) in [6, 6.07) is 0. The van der Waals surface area contributed by atoms with Gasteiger partial charge in [0.1, 0.15) is 0 Å². The third-order valence-electron chi connectivity index (χ3n) is 3.75. The van der Waals surface area contributed by atoms with E-state index in [9.17, 15) is 26.4 Å². The Labute approximate surface area is 133 Å². The summed E-state index contributed by atoms with van der Waals surface area (Å²) >= 11 is 0. The average Bonchev–Trinajstić information content (AvgIpc) is 2.44. The summed E-state index contributed by atoms with van der Waals surface area (Å²) in [7, 11) is -3.46. The molecule has 0 amide bonds. The Balaban J connectivity index is 3.36. The minimum atomic E-state index is -5.10. The number of methoxy groups -OCH3 is 1. The van der Waals surface area contributed by atoms with Gasteiger partial charge in [-0.1, -0.05) is 17.7 Å². The van der Waals surface area contributed by atoms with Gasteiger partial charge in [0.15, 0.2) is 0 Å². The maximum atomic E-state index is 13.7. The molecule has 1 aliphatic heterocycles. The topological polar surface area (TPSA) is 63.7 Å². The average molecular weight is 355 g/mol. The molecule has 0 aromatic heterocycles. The molecule has 1 aliphatic rings. The molecule has 0 saturated heterocycles. The van der Waals surface area contributed by atoms with Gasteiger partial charge in [-0.05, 0) is 19.3 Å². The van der Waals surface area contributed by atoms with E-state index >= 15 is 0 Å². The number of hydrogen-bond donors (Lipinski definition) is 0. The van der Waals surface area contributed by atoms with Crippen LogP contribution in [-0.4, -0.2) is 50.3 Å². The van der Waals surface area contributed by atoms with Crippen LogP contribution in [0.25, 0.3) is 0 Å². The molecule has 0 aliphatic carbocycles. The Morgan fingerprint density at radius 2 is 2.13 bits per heavy atom. The third kappa shape index (κ3) is 3.95. The number of sulfonamides is 1. The number of unbranched alkanes of at least 4 members (excludes halogenated alkanes) is 1. The summed E-state index contributed by atoms with van der Waals surface area (Å²) < 4.78 is 69.3. The zero-order valence-electron chi connectivity index (χ0n) is 13.0. The van der Waals surface area contributed by atoms with Gasteiger partial charge < -0.3 is 4.74 Å². The van der Waals surface area contributed by atoms with Crippen molar-refractivity contribution in [2.24, 2.45) is 0 Å².